The number of aliphatic carboxylic acids is 1. The summed E-state index contributed by atoms with van der Waals surface area (Å²) in [5.74, 6) is -0.333. The summed E-state index contributed by atoms with van der Waals surface area (Å²) in [5.41, 5.74) is 0.279. The van der Waals surface area contributed by atoms with Crippen LogP contribution in [0, 0.1) is 6.92 Å². The van der Waals surface area contributed by atoms with Crippen molar-refractivity contribution < 1.29 is 19.1 Å². The summed E-state index contributed by atoms with van der Waals surface area (Å²) in [6.45, 7) is 5.03. The molecule has 0 saturated heterocycles. The van der Waals surface area contributed by atoms with Crippen molar-refractivity contribution in [3.63, 3.8) is 0 Å². The molecule has 0 aliphatic heterocycles. The van der Waals surface area contributed by atoms with Crippen molar-refractivity contribution in [1.82, 2.24) is 0 Å². The number of furan rings is 1. The Labute approximate surface area is 122 Å². The molecule has 110 valence electrons. The second kappa shape index (κ2) is 5.44. The lowest BCUT2D eigenvalue weighted by Gasteiger charge is -2.19. The molecule has 0 aliphatic carbocycles. The molecule has 2 aromatic rings. The minimum absolute atomic E-state index is 0.238. The summed E-state index contributed by atoms with van der Waals surface area (Å²) in [6.07, 6.45) is 0. The first-order valence-electron chi connectivity index (χ1n) is 6.52. The number of nitrogens with one attached hydrogen (secondary N) is 1. The number of carbonyl (C=O) groups excluding carboxylic acids is 1. The Balaban J connectivity index is 2.13. The molecule has 0 bridgehead atoms. The lowest BCUT2D eigenvalue weighted by molar-refractivity contribution is -0.142. The van der Waals surface area contributed by atoms with Gasteiger partial charge in [0.1, 0.15) is 5.76 Å². The zero-order valence-electron chi connectivity index (χ0n) is 12.1. The van der Waals surface area contributed by atoms with Gasteiger partial charge in [0.2, 0.25) is 0 Å². The molecule has 1 aromatic carbocycles. The number of anilines is 1. The third-order valence-electron chi connectivity index (χ3n) is 3.36. The van der Waals surface area contributed by atoms with E-state index in [1.165, 1.54) is 0 Å². The second-order valence-electron chi connectivity index (χ2n) is 5.37. The summed E-state index contributed by atoms with van der Waals surface area (Å²) >= 11 is 0. The van der Waals surface area contributed by atoms with Gasteiger partial charge in [-0.25, -0.2) is 0 Å². The molecule has 0 spiro atoms. The van der Waals surface area contributed by atoms with Crippen LogP contribution in [0.3, 0.4) is 0 Å². The predicted octanol–water partition coefficient (Wildman–Crippen LogP) is 3.20. The number of rotatable bonds is 4. The highest BCUT2D eigenvalue weighted by Gasteiger charge is 2.29. The summed E-state index contributed by atoms with van der Waals surface area (Å²) < 4.78 is 5.24. The van der Waals surface area contributed by atoms with Crippen molar-refractivity contribution in [2.24, 2.45) is 0 Å². The van der Waals surface area contributed by atoms with E-state index in [1.807, 2.05) is 0 Å². The highest BCUT2D eigenvalue weighted by atomic mass is 16.4. The maximum absolute atomic E-state index is 11.9. The summed E-state index contributed by atoms with van der Waals surface area (Å²) in [5, 5.41) is 11.9. The molecule has 1 amide bonds. The van der Waals surface area contributed by atoms with E-state index in [0.717, 1.165) is 0 Å². The molecule has 0 unspecified atom stereocenters. The number of hydrogen-bond acceptors (Lipinski definition) is 3. The number of hydrogen-bond donors (Lipinski definition) is 2. The molecule has 0 saturated carbocycles. The zero-order chi connectivity index (χ0) is 15.6. The van der Waals surface area contributed by atoms with Crippen LogP contribution in [0.1, 0.15) is 35.7 Å². The predicted molar refractivity (Wildman–Crippen MR) is 78.5 cm³/mol. The number of amides is 1. The van der Waals surface area contributed by atoms with Crippen molar-refractivity contribution in [1.29, 1.82) is 0 Å². The van der Waals surface area contributed by atoms with Gasteiger partial charge in [0.05, 0.1) is 5.41 Å². The average Bonchev–Trinajstić information content (AvgIpc) is 2.86. The van der Waals surface area contributed by atoms with Gasteiger partial charge in [0.15, 0.2) is 5.76 Å². The highest BCUT2D eigenvalue weighted by Crippen LogP contribution is 2.25. The number of benzene rings is 1. The van der Waals surface area contributed by atoms with E-state index >= 15 is 0 Å². The lowest BCUT2D eigenvalue weighted by atomic mass is 9.85. The first-order valence-corrected chi connectivity index (χ1v) is 6.52. The van der Waals surface area contributed by atoms with Crippen LogP contribution < -0.4 is 5.32 Å². The van der Waals surface area contributed by atoms with E-state index in [0.29, 0.717) is 17.0 Å². The summed E-state index contributed by atoms with van der Waals surface area (Å²) in [7, 11) is 0. The van der Waals surface area contributed by atoms with Gasteiger partial charge in [-0.15, -0.1) is 0 Å². The van der Waals surface area contributed by atoms with Crippen LogP contribution in [0.15, 0.2) is 40.8 Å². The number of carboxylic acid groups (broad SMARTS) is 1. The van der Waals surface area contributed by atoms with E-state index in [2.05, 4.69) is 5.32 Å². The summed E-state index contributed by atoms with van der Waals surface area (Å²) in [6, 6.07) is 10.1. The van der Waals surface area contributed by atoms with Gasteiger partial charge in [-0.05, 0) is 50.6 Å². The van der Waals surface area contributed by atoms with Gasteiger partial charge >= 0.3 is 5.97 Å². The average molecular weight is 287 g/mol. The fraction of sp³-hybridized carbons (Fsp3) is 0.250. The van der Waals surface area contributed by atoms with E-state index in [4.69, 9.17) is 4.42 Å². The van der Waals surface area contributed by atoms with E-state index in [1.54, 1.807) is 57.2 Å². The first kappa shape index (κ1) is 14.8. The van der Waals surface area contributed by atoms with Gasteiger partial charge in [-0.1, -0.05) is 12.1 Å². The fourth-order valence-corrected chi connectivity index (χ4v) is 1.84. The third kappa shape index (κ3) is 3.13. The van der Waals surface area contributed by atoms with Gasteiger partial charge in [0, 0.05) is 5.69 Å². The van der Waals surface area contributed by atoms with E-state index < -0.39 is 11.4 Å². The molecule has 1 heterocycles. The lowest BCUT2D eigenvalue weighted by Crippen LogP contribution is -2.28. The molecular formula is C16H17NO4. The molecule has 5 nitrogen and oxygen atoms in total. The standard InChI is InChI=1S/C16H17NO4/c1-10-4-9-13(21-10)14(18)17-12-7-5-11(6-8-12)16(2,3)15(19)20/h4-9H,1-3H3,(H,17,18)(H,19,20). The molecular weight excluding hydrogens is 270 g/mol. The summed E-state index contributed by atoms with van der Waals surface area (Å²) in [4.78, 5) is 23.1. The van der Waals surface area contributed by atoms with Crippen molar-refractivity contribution >= 4 is 17.6 Å². The van der Waals surface area contributed by atoms with Crippen LogP contribution in [0.25, 0.3) is 0 Å². The van der Waals surface area contributed by atoms with Crippen molar-refractivity contribution in [3.05, 3.63) is 53.5 Å². The molecule has 21 heavy (non-hydrogen) atoms. The molecule has 0 radical (unpaired) electrons. The number of carboxylic acids is 1. The van der Waals surface area contributed by atoms with E-state index in [9.17, 15) is 14.7 Å². The van der Waals surface area contributed by atoms with Crippen molar-refractivity contribution in [2.45, 2.75) is 26.2 Å². The van der Waals surface area contributed by atoms with Gasteiger partial charge in [-0.3, -0.25) is 9.59 Å². The minimum atomic E-state index is -0.972. The smallest absolute Gasteiger partial charge is 0.313 e. The van der Waals surface area contributed by atoms with E-state index in [-0.39, 0.29) is 11.7 Å². The Morgan fingerprint density at radius 3 is 2.19 bits per heavy atom. The van der Waals surface area contributed by atoms with Crippen LogP contribution in [-0.4, -0.2) is 17.0 Å². The zero-order valence-corrected chi connectivity index (χ0v) is 12.1. The second-order valence-corrected chi connectivity index (χ2v) is 5.37. The molecule has 2 rings (SSSR count). The Kier molecular flexibility index (Phi) is 3.84. The Morgan fingerprint density at radius 1 is 1.10 bits per heavy atom. The Morgan fingerprint density at radius 2 is 1.71 bits per heavy atom. The molecule has 5 heteroatoms. The maximum atomic E-state index is 11.9. The molecule has 0 atom stereocenters. The molecule has 0 aliphatic rings. The first-order chi connectivity index (χ1) is 9.80. The quantitative estimate of drug-likeness (QED) is 0.905. The van der Waals surface area contributed by atoms with Gasteiger partial charge < -0.3 is 14.8 Å². The maximum Gasteiger partial charge on any atom is 0.313 e. The van der Waals surface area contributed by atoms with Gasteiger partial charge in [0.25, 0.3) is 5.91 Å². The Hall–Kier alpha value is -2.56. The van der Waals surface area contributed by atoms with Crippen molar-refractivity contribution in [3.8, 4) is 0 Å². The normalized spacial score (nSPS) is 11.2. The van der Waals surface area contributed by atoms with Crippen LogP contribution >= 0.6 is 0 Å². The number of carbonyl (C=O) groups is 2. The SMILES string of the molecule is Cc1ccc(C(=O)Nc2ccc(C(C)(C)C(=O)O)cc2)o1. The van der Waals surface area contributed by atoms with Crippen LogP contribution in [0.2, 0.25) is 0 Å². The Bertz CT molecular complexity index is 668. The van der Waals surface area contributed by atoms with Crippen LogP contribution in [-0.2, 0) is 10.2 Å². The molecule has 0 fully saturated rings. The number of aryl methyl sites for hydroxylation is 1. The van der Waals surface area contributed by atoms with Crippen LogP contribution in [0.5, 0.6) is 0 Å². The molecule has 2 N–H and O–H groups in total. The topological polar surface area (TPSA) is 79.5 Å². The fourth-order valence-electron chi connectivity index (χ4n) is 1.84. The largest absolute Gasteiger partial charge is 0.481 e. The molecule has 1 aromatic heterocycles. The van der Waals surface area contributed by atoms with Crippen molar-refractivity contribution in [2.75, 3.05) is 5.32 Å². The monoisotopic (exact) mass is 287 g/mol. The van der Waals surface area contributed by atoms with Crippen LogP contribution in [0.4, 0.5) is 5.69 Å². The highest BCUT2D eigenvalue weighted by molar-refractivity contribution is 6.02. The van der Waals surface area contributed by atoms with Gasteiger partial charge in [-0.2, -0.15) is 0 Å². The minimum Gasteiger partial charge on any atom is -0.481 e. The third-order valence-corrected chi connectivity index (χ3v) is 3.36.